The Bertz CT molecular complexity index is 1580. The van der Waals surface area contributed by atoms with Crippen molar-refractivity contribution in [2.75, 3.05) is 36.5 Å². The molecule has 2 aliphatic rings. The lowest BCUT2D eigenvalue weighted by atomic mass is 9.96. The molecule has 8 nitrogen and oxygen atoms in total. The van der Waals surface area contributed by atoms with Gasteiger partial charge < -0.3 is 29.2 Å². The molecule has 0 amide bonds. The van der Waals surface area contributed by atoms with Gasteiger partial charge in [0.05, 0.1) is 25.5 Å². The summed E-state index contributed by atoms with van der Waals surface area (Å²) in [6.07, 6.45) is 0.714. The van der Waals surface area contributed by atoms with E-state index in [0.29, 0.717) is 26.2 Å². The summed E-state index contributed by atoms with van der Waals surface area (Å²) >= 11 is 0. The molecule has 37 heavy (non-hydrogen) atoms. The Morgan fingerprint density at radius 1 is 0.946 bits per heavy atom. The van der Waals surface area contributed by atoms with Gasteiger partial charge in [-0.2, -0.15) is 0 Å². The Labute approximate surface area is 214 Å². The van der Waals surface area contributed by atoms with E-state index >= 15 is 0 Å². The van der Waals surface area contributed by atoms with Gasteiger partial charge in [-0.05, 0) is 42.0 Å². The molecule has 0 atom stereocenters. The second kappa shape index (κ2) is 9.63. The smallest absolute Gasteiger partial charge is 0.250 e. The van der Waals surface area contributed by atoms with E-state index in [1.807, 2.05) is 36.4 Å². The number of ether oxygens (including phenoxy) is 2. The minimum atomic E-state index is -0.139. The molecule has 0 spiro atoms. The summed E-state index contributed by atoms with van der Waals surface area (Å²) < 4.78 is 13.5. The van der Waals surface area contributed by atoms with Crippen LogP contribution in [0.15, 0.2) is 76.3 Å². The molecule has 0 unspecified atom stereocenters. The Morgan fingerprint density at radius 3 is 2.65 bits per heavy atom. The molecule has 8 heteroatoms. The van der Waals surface area contributed by atoms with E-state index in [0.717, 1.165) is 64.0 Å². The number of pyridine rings is 2. The van der Waals surface area contributed by atoms with Crippen molar-refractivity contribution in [1.29, 1.82) is 0 Å². The lowest BCUT2D eigenvalue weighted by Gasteiger charge is -2.29. The summed E-state index contributed by atoms with van der Waals surface area (Å²) in [6.45, 7) is 3.37. The van der Waals surface area contributed by atoms with Gasteiger partial charge in [0, 0.05) is 66.9 Å². The monoisotopic (exact) mass is 496 g/mol. The molecule has 2 aromatic carbocycles. The van der Waals surface area contributed by atoms with Gasteiger partial charge in [-0.1, -0.05) is 18.2 Å². The van der Waals surface area contributed by atoms with Crippen LogP contribution in [0.4, 0.5) is 11.4 Å². The number of rotatable bonds is 5. The van der Waals surface area contributed by atoms with Gasteiger partial charge in [0.25, 0.3) is 5.56 Å². The zero-order valence-electron chi connectivity index (χ0n) is 20.6. The number of aromatic amines is 1. The van der Waals surface area contributed by atoms with Gasteiger partial charge in [-0.25, -0.2) is 0 Å². The normalized spacial score (nSPS) is 14.5. The number of fused-ring (bicyclic) bond motifs is 2. The van der Waals surface area contributed by atoms with Crippen LogP contribution in [0.1, 0.15) is 16.8 Å². The van der Waals surface area contributed by atoms with Crippen molar-refractivity contribution in [2.45, 2.75) is 13.0 Å². The maximum atomic E-state index is 12.6. The summed E-state index contributed by atoms with van der Waals surface area (Å²) in [6, 6.07) is 21.0. The van der Waals surface area contributed by atoms with Crippen molar-refractivity contribution in [2.24, 2.45) is 7.05 Å². The number of anilines is 2. The Hall–Kier alpha value is -4.30. The third kappa shape index (κ3) is 4.63. The average Bonchev–Trinajstić information content (AvgIpc) is 2.92. The predicted octanol–water partition coefficient (Wildman–Crippen LogP) is 3.89. The van der Waals surface area contributed by atoms with Crippen molar-refractivity contribution < 1.29 is 9.47 Å². The van der Waals surface area contributed by atoms with E-state index in [-0.39, 0.29) is 11.1 Å². The minimum Gasteiger partial charge on any atom is -0.456 e. The number of hydrogen-bond acceptors (Lipinski definition) is 6. The van der Waals surface area contributed by atoms with E-state index in [1.165, 1.54) is 0 Å². The van der Waals surface area contributed by atoms with Crippen LogP contribution in [0.25, 0.3) is 11.3 Å². The number of nitrogens with zero attached hydrogens (tertiary/aromatic N) is 2. The van der Waals surface area contributed by atoms with Crippen LogP contribution in [-0.4, -0.2) is 35.9 Å². The molecule has 0 bridgehead atoms. The molecular formula is C29H28N4O4. The number of benzene rings is 2. The van der Waals surface area contributed by atoms with E-state index < -0.39 is 0 Å². The second-order valence-electron chi connectivity index (χ2n) is 9.38. The van der Waals surface area contributed by atoms with Crippen LogP contribution in [0.3, 0.4) is 0 Å². The quantitative estimate of drug-likeness (QED) is 0.384. The maximum Gasteiger partial charge on any atom is 0.250 e. The van der Waals surface area contributed by atoms with Gasteiger partial charge in [-0.15, -0.1) is 0 Å². The Balaban J connectivity index is 1.27. The SMILES string of the molecule is Cn1c(CNc2ccc3c(c2)Cc2cccc(-c4cc(N5CCOCC5)cc(=O)[nH]4)c2O3)cccc1=O. The topological polar surface area (TPSA) is 88.6 Å². The van der Waals surface area contributed by atoms with Crippen molar-refractivity contribution in [3.63, 3.8) is 0 Å². The third-order valence-electron chi connectivity index (χ3n) is 7.01. The number of hydrogen-bond donors (Lipinski definition) is 2. The van der Waals surface area contributed by atoms with E-state index in [4.69, 9.17) is 9.47 Å². The van der Waals surface area contributed by atoms with Crippen LogP contribution in [0.5, 0.6) is 11.5 Å². The van der Waals surface area contributed by atoms with Gasteiger partial charge in [0.15, 0.2) is 0 Å². The highest BCUT2D eigenvalue weighted by Crippen LogP contribution is 2.43. The third-order valence-corrected chi connectivity index (χ3v) is 7.01. The van der Waals surface area contributed by atoms with Gasteiger partial charge in [-0.3, -0.25) is 9.59 Å². The number of para-hydroxylation sites is 1. The fraction of sp³-hybridized carbons (Fsp3) is 0.241. The predicted molar refractivity (Wildman–Crippen MR) is 144 cm³/mol. The lowest BCUT2D eigenvalue weighted by Crippen LogP contribution is -2.36. The van der Waals surface area contributed by atoms with Crippen molar-refractivity contribution >= 4 is 11.4 Å². The molecule has 0 saturated carbocycles. The van der Waals surface area contributed by atoms with Gasteiger partial charge >= 0.3 is 0 Å². The van der Waals surface area contributed by atoms with Crippen LogP contribution >= 0.6 is 0 Å². The summed E-state index contributed by atoms with van der Waals surface area (Å²) in [5.74, 6) is 1.56. The number of morpholine rings is 1. The number of nitrogens with one attached hydrogen (secondary N) is 2. The molecule has 4 aromatic rings. The molecule has 1 fully saturated rings. The molecular weight excluding hydrogens is 468 g/mol. The van der Waals surface area contributed by atoms with Crippen molar-refractivity contribution in [1.82, 2.24) is 9.55 Å². The first-order valence-electron chi connectivity index (χ1n) is 12.4. The first-order chi connectivity index (χ1) is 18.0. The molecule has 0 aliphatic carbocycles. The highest BCUT2D eigenvalue weighted by Gasteiger charge is 2.22. The van der Waals surface area contributed by atoms with Crippen LogP contribution in [-0.2, 0) is 24.8 Å². The Morgan fingerprint density at radius 2 is 1.78 bits per heavy atom. The maximum absolute atomic E-state index is 12.6. The summed E-state index contributed by atoms with van der Waals surface area (Å²) in [5.41, 5.74) is 6.33. The van der Waals surface area contributed by atoms with Crippen LogP contribution in [0.2, 0.25) is 0 Å². The fourth-order valence-electron chi connectivity index (χ4n) is 4.95. The summed E-state index contributed by atoms with van der Waals surface area (Å²) in [4.78, 5) is 29.6. The van der Waals surface area contributed by atoms with Crippen molar-refractivity contribution in [3.05, 3.63) is 104 Å². The zero-order valence-corrected chi connectivity index (χ0v) is 20.6. The molecule has 2 aromatic heterocycles. The lowest BCUT2D eigenvalue weighted by molar-refractivity contribution is 0.122. The Kier molecular flexibility index (Phi) is 6.02. The van der Waals surface area contributed by atoms with Crippen LogP contribution in [0, 0.1) is 0 Å². The number of H-pyrrole nitrogens is 1. The standard InChI is InChI=1S/C29H28N4O4/c1-32-22(5-3-7-28(32)35)18-30-21-8-9-26-20(15-21)14-19-4-2-6-24(29(19)37-26)25-16-23(17-27(34)31-25)33-10-12-36-13-11-33/h2-9,15-17,30H,10-14,18H2,1H3,(H,31,34). The minimum absolute atomic E-state index is 0.0256. The van der Waals surface area contributed by atoms with Gasteiger partial charge in [0.2, 0.25) is 5.56 Å². The summed E-state index contributed by atoms with van der Waals surface area (Å²) in [5, 5.41) is 3.42. The highest BCUT2D eigenvalue weighted by atomic mass is 16.5. The largest absolute Gasteiger partial charge is 0.456 e. The van der Waals surface area contributed by atoms with E-state index in [2.05, 4.69) is 27.3 Å². The molecule has 4 heterocycles. The molecule has 6 rings (SSSR count). The average molecular weight is 497 g/mol. The summed E-state index contributed by atoms with van der Waals surface area (Å²) in [7, 11) is 1.78. The van der Waals surface area contributed by atoms with Crippen LogP contribution < -0.4 is 26.1 Å². The van der Waals surface area contributed by atoms with E-state index in [9.17, 15) is 9.59 Å². The fourth-order valence-corrected chi connectivity index (χ4v) is 4.95. The molecule has 0 radical (unpaired) electrons. The molecule has 1 saturated heterocycles. The molecule has 188 valence electrons. The molecule has 2 N–H and O–H groups in total. The second-order valence-corrected chi connectivity index (χ2v) is 9.38. The van der Waals surface area contributed by atoms with Gasteiger partial charge in [0.1, 0.15) is 11.5 Å². The highest BCUT2D eigenvalue weighted by molar-refractivity contribution is 5.74. The first kappa shape index (κ1) is 23.1. The number of aromatic nitrogens is 2. The zero-order chi connectivity index (χ0) is 25.4. The van der Waals surface area contributed by atoms with E-state index in [1.54, 1.807) is 29.8 Å². The van der Waals surface area contributed by atoms with Crippen molar-refractivity contribution in [3.8, 4) is 22.8 Å². The first-order valence-corrected chi connectivity index (χ1v) is 12.4. The molecule has 2 aliphatic heterocycles.